The molecule has 1 rings (SSSR count). The first-order valence-corrected chi connectivity index (χ1v) is 5.77. The van der Waals surface area contributed by atoms with Gasteiger partial charge in [-0.3, -0.25) is 4.79 Å². The molecule has 1 unspecified atom stereocenters. The Bertz CT molecular complexity index is 457. The molecule has 1 aromatic carbocycles. The van der Waals surface area contributed by atoms with Crippen molar-refractivity contribution in [2.45, 2.75) is 19.1 Å². The summed E-state index contributed by atoms with van der Waals surface area (Å²) in [6.07, 6.45) is 0.255. The third-order valence-corrected chi connectivity index (χ3v) is 2.44. The number of amides is 1. The molecule has 0 aliphatic rings. The molecule has 0 radical (unpaired) electrons. The summed E-state index contributed by atoms with van der Waals surface area (Å²) in [5.74, 6) is -2.59. The van der Waals surface area contributed by atoms with Gasteiger partial charge in [0.2, 0.25) is 5.91 Å². The number of hydrogen-bond donors (Lipinski definition) is 2. The molecule has 0 fully saturated rings. The molecular formula is C12H14F4N2O2. The summed E-state index contributed by atoms with van der Waals surface area (Å²) in [7, 11) is 0. The molecule has 1 atom stereocenters. The standard InChI is InChI=1S/C12H14F4N2O2/c13-8-2-1-7(5-9(8)14)3-4-18-11(19)10(17)6-20-12(15)16/h1-2,5,10,12H,3-4,6,17H2,(H,18,19). The third-order valence-electron chi connectivity index (χ3n) is 2.44. The van der Waals surface area contributed by atoms with E-state index in [1.54, 1.807) is 0 Å². The number of carbonyl (C=O) groups excluding carboxylic acids is 1. The third kappa shape index (κ3) is 5.54. The fourth-order valence-corrected chi connectivity index (χ4v) is 1.41. The van der Waals surface area contributed by atoms with Gasteiger partial charge in [-0.1, -0.05) is 6.07 Å². The maximum absolute atomic E-state index is 12.9. The molecule has 0 heterocycles. The van der Waals surface area contributed by atoms with Gasteiger partial charge in [0, 0.05) is 6.54 Å². The van der Waals surface area contributed by atoms with Crippen molar-refractivity contribution in [2.75, 3.05) is 13.2 Å². The number of nitrogens with two attached hydrogens (primary N) is 1. The largest absolute Gasteiger partial charge is 0.354 e. The number of ether oxygens (including phenoxy) is 1. The van der Waals surface area contributed by atoms with Crippen LogP contribution >= 0.6 is 0 Å². The van der Waals surface area contributed by atoms with Crippen LogP contribution in [0.5, 0.6) is 0 Å². The predicted molar refractivity (Wildman–Crippen MR) is 63.0 cm³/mol. The van der Waals surface area contributed by atoms with Gasteiger partial charge in [-0.15, -0.1) is 0 Å². The fraction of sp³-hybridized carbons (Fsp3) is 0.417. The van der Waals surface area contributed by atoms with Crippen LogP contribution in [0, 0.1) is 11.6 Å². The van der Waals surface area contributed by atoms with Crippen LogP contribution in [0.3, 0.4) is 0 Å². The highest BCUT2D eigenvalue weighted by Gasteiger charge is 2.15. The van der Waals surface area contributed by atoms with Crippen molar-refractivity contribution >= 4 is 5.91 Å². The second-order valence-electron chi connectivity index (χ2n) is 3.99. The Hall–Kier alpha value is -1.67. The van der Waals surface area contributed by atoms with Crippen LogP contribution in [0.25, 0.3) is 0 Å². The first kappa shape index (κ1) is 16.4. The molecule has 0 aliphatic carbocycles. The van der Waals surface area contributed by atoms with Crippen molar-refractivity contribution in [1.29, 1.82) is 0 Å². The number of rotatable bonds is 7. The Morgan fingerprint density at radius 3 is 2.60 bits per heavy atom. The fourth-order valence-electron chi connectivity index (χ4n) is 1.41. The van der Waals surface area contributed by atoms with Crippen LogP contribution in [0.2, 0.25) is 0 Å². The number of hydrogen-bond acceptors (Lipinski definition) is 3. The molecule has 0 aromatic heterocycles. The number of halogens is 4. The highest BCUT2D eigenvalue weighted by molar-refractivity contribution is 5.81. The van der Waals surface area contributed by atoms with E-state index in [2.05, 4.69) is 10.1 Å². The van der Waals surface area contributed by atoms with Gasteiger partial charge < -0.3 is 15.8 Å². The molecular weight excluding hydrogens is 280 g/mol. The zero-order chi connectivity index (χ0) is 15.1. The molecule has 0 aliphatic heterocycles. The van der Waals surface area contributed by atoms with Crippen LogP contribution in [0.15, 0.2) is 18.2 Å². The SMILES string of the molecule is NC(COC(F)F)C(=O)NCCc1ccc(F)c(F)c1. The molecule has 0 saturated heterocycles. The van der Waals surface area contributed by atoms with E-state index in [-0.39, 0.29) is 13.0 Å². The lowest BCUT2D eigenvalue weighted by atomic mass is 10.1. The minimum absolute atomic E-state index is 0.117. The summed E-state index contributed by atoms with van der Waals surface area (Å²) in [4.78, 5) is 11.4. The number of carbonyl (C=O) groups is 1. The minimum Gasteiger partial charge on any atom is -0.354 e. The van der Waals surface area contributed by atoms with Crippen molar-refractivity contribution in [2.24, 2.45) is 5.73 Å². The zero-order valence-corrected chi connectivity index (χ0v) is 10.4. The van der Waals surface area contributed by atoms with E-state index < -0.39 is 36.8 Å². The molecule has 0 saturated carbocycles. The summed E-state index contributed by atoms with van der Waals surface area (Å²) in [5.41, 5.74) is 5.80. The van der Waals surface area contributed by atoms with Crippen LogP contribution in [0.1, 0.15) is 5.56 Å². The number of benzene rings is 1. The molecule has 1 amide bonds. The Morgan fingerprint density at radius 2 is 2.00 bits per heavy atom. The average molecular weight is 294 g/mol. The summed E-state index contributed by atoms with van der Waals surface area (Å²) >= 11 is 0. The van der Waals surface area contributed by atoms with Crippen LogP contribution < -0.4 is 11.1 Å². The highest BCUT2D eigenvalue weighted by Crippen LogP contribution is 2.08. The second-order valence-corrected chi connectivity index (χ2v) is 3.99. The number of nitrogens with one attached hydrogen (secondary N) is 1. The van der Waals surface area contributed by atoms with Gasteiger partial charge in [-0.25, -0.2) is 8.78 Å². The Kier molecular flexibility index (Phi) is 6.40. The van der Waals surface area contributed by atoms with Crippen molar-refractivity contribution in [3.05, 3.63) is 35.4 Å². The van der Waals surface area contributed by atoms with Gasteiger partial charge >= 0.3 is 6.61 Å². The van der Waals surface area contributed by atoms with E-state index >= 15 is 0 Å². The van der Waals surface area contributed by atoms with Crippen molar-refractivity contribution < 1.29 is 27.1 Å². The van der Waals surface area contributed by atoms with E-state index in [9.17, 15) is 22.4 Å². The minimum atomic E-state index is -2.99. The molecule has 112 valence electrons. The van der Waals surface area contributed by atoms with Gasteiger partial charge in [0.15, 0.2) is 11.6 Å². The maximum Gasteiger partial charge on any atom is 0.345 e. The summed E-state index contributed by atoms with van der Waals surface area (Å²) in [6, 6.07) is 2.16. The quantitative estimate of drug-likeness (QED) is 0.743. The summed E-state index contributed by atoms with van der Waals surface area (Å²) in [6.45, 7) is -3.47. The van der Waals surface area contributed by atoms with Crippen LogP contribution in [-0.4, -0.2) is 31.7 Å². The lowest BCUT2D eigenvalue weighted by Gasteiger charge is -2.12. The molecule has 20 heavy (non-hydrogen) atoms. The second kappa shape index (κ2) is 7.81. The molecule has 1 aromatic rings. The van der Waals surface area contributed by atoms with Crippen LogP contribution in [0.4, 0.5) is 17.6 Å². The van der Waals surface area contributed by atoms with Crippen molar-refractivity contribution in [1.82, 2.24) is 5.32 Å². The van der Waals surface area contributed by atoms with Gasteiger partial charge in [0.25, 0.3) is 0 Å². The topological polar surface area (TPSA) is 64.3 Å². The first-order chi connectivity index (χ1) is 9.40. The van der Waals surface area contributed by atoms with Crippen molar-refractivity contribution in [3.63, 3.8) is 0 Å². The van der Waals surface area contributed by atoms with E-state index in [4.69, 9.17) is 5.73 Å². The lowest BCUT2D eigenvalue weighted by molar-refractivity contribution is -0.141. The monoisotopic (exact) mass is 294 g/mol. The summed E-state index contributed by atoms with van der Waals surface area (Å²) < 4.78 is 52.9. The summed E-state index contributed by atoms with van der Waals surface area (Å²) in [5, 5.41) is 2.38. The normalized spacial score (nSPS) is 12.5. The molecule has 3 N–H and O–H groups in total. The van der Waals surface area contributed by atoms with Crippen LogP contribution in [-0.2, 0) is 16.0 Å². The van der Waals surface area contributed by atoms with Gasteiger partial charge in [-0.05, 0) is 24.1 Å². The molecule has 0 spiro atoms. The van der Waals surface area contributed by atoms with Gasteiger partial charge in [-0.2, -0.15) is 8.78 Å². The maximum atomic E-state index is 12.9. The van der Waals surface area contributed by atoms with E-state index in [0.717, 1.165) is 12.1 Å². The Morgan fingerprint density at radius 1 is 1.30 bits per heavy atom. The smallest absolute Gasteiger partial charge is 0.345 e. The first-order valence-electron chi connectivity index (χ1n) is 5.77. The molecule has 8 heteroatoms. The molecule has 4 nitrogen and oxygen atoms in total. The Balaban J connectivity index is 2.32. The lowest BCUT2D eigenvalue weighted by Crippen LogP contribution is -2.44. The zero-order valence-electron chi connectivity index (χ0n) is 10.4. The van der Waals surface area contributed by atoms with Crippen molar-refractivity contribution in [3.8, 4) is 0 Å². The van der Waals surface area contributed by atoms with E-state index in [1.807, 2.05) is 0 Å². The van der Waals surface area contributed by atoms with Gasteiger partial charge in [0.05, 0.1) is 6.61 Å². The van der Waals surface area contributed by atoms with Gasteiger partial charge in [0.1, 0.15) is 6.04 Å². The molecule has 0 bridgehead atoms. The van der Waals surface area contributed by atoms with E-state index in [1.165, 1.54) is 6.07 Å². The highest BCUT2D eigenvalue weighted by atomic mass is 19.3. The average Bonchev–Trinajstić information content (AvgIpc) is 2.39. The Labute approximate surface area is 112 Å². The number of alkyl halides is 2. The van der Waals surface area contributed by atoms with E-state index in [0.29, 0.717) is 5.56 Å². The predicted octanol–water partition coefficient (Wildman–Crippen LogP) is 1.19.